The van der Waals surface area contributed by atoms with E-state index in [9.17, 15) is 9.18 Å². The molecule has 0 bridgehead atoms. The highest BCUT2D eigenvalue weighted by Gasteiger charge is 2.22. The zero-order valence-corrected chi connectivity index (χ0v) is 13.0. The van der Waals surface area contributed by atoms with Gasteiger partial charge in [0, 0.05) is 12.4 Å². The number of ether oxygens (including phenoxy) is 1. The summed E-state index contributed by atoms with van der Waals surface area (Å²) in [6, 6.07) is 4.56. The summed E-state index contributed by atoms with van der Waals surface area (Å²) in [5.41, 5.74) is 0.709. The average molecular weight is 317 g/mol. The first-order valence-corrected chi connectivity index (χ1v) is 7.79. The summed E-state index contributed by atoms with van der Waals surface area (Å²) in [6.45, 7) is 2.59. The van der Waals surface area contributed by atoms with Gasteiger partial charge in [-0.05, 0) is 43.4 Å². The van der Waals surface area contributed by atoms with Gasteiger partial charge in [0.2, 0.25) is 5.91 Å². The van der Waals surface area contributed by atoms with Crippen LogP contribution in [0.5, 0.6) is 5.75 Å². The molecule has 1 aromatic carbocycles. The van der Waals surface area contributed by atoms with Crippen LogP contribution >= 0.6 is 0 Å². The Kier molecular flexibility index (Phi) is 4.60. The highest BCUT2D eigenvalue weighted by Crippen LogP contribution is 2.30. The summed E-state index contributed by atoms with van der Waals surface area (Å²) in [6.07, 6.45) is 7.25. The molecule has 2 aromatic rings. The zero-order chi connectivity index (χ0) is 16.2. The fourth-order valence-corrected chi connectivity index (χ4v) is 2.31. The molecule has 122 valence electrons. The maximum atomic E-state index is 14.1. The lowest BCUT2D eigenvalue weighted by atomic mass is 10.1. The first-order chi connectivity index (χ1) is 11.1. The molecule has 0 unspecified atom stereocenters. The predicted molar refractivity (Wildman–Crippen MR) is 83.4 cm³/mol. The van der Waals surface area contributed by atoms with Gasteiger partial charge in [0.15, 0.2) is 11.6 Å². The molecular weight excluding hydrogens is 297 g/mol. The molecule has 1 heterocycles. The fourth-order valence-electron chi connectivity index (χ4n) is 2.31. The standard InChI is InChI=1S/C17H20FN3O2/c1-12(20-17(22)9-21-7-6-19-11-21)14-4-5-16(15(18)8-14)23-10-13-2-3-13/h4-8,11-13H,2-3,9-10H2,1H3,(H,20,22)/t12-/m0/s1. The van der Waals surface area contributed by atoms with E-state index in [2.05, 4.69) is 10.3 Å². The third kappa shape index (κ3) is 4.31. The van der Waals surface area contributed by atoms with Gasteiger partial charge in [-0.1, -0.05) is 6.07 Å². The van der Waals surface area contributed by atoms with E-state index in [0.29, 0.717) is 18.1 Å². The summed E-state index contributed by atoms with van der Waals surface area (Å²) < 4.78 is 21.2. The van der Waals surface area contributed by atoms with Crippen LogP contribution in [0.4, 0.5) is 4.39 Å². The monoisotopic (exact) mass is 317 g/mol. The summed E-state index contributed by atoms with van der Waals surface area (Å²) in [5.74, 6) is 0.317. The van der Waals surface area contributed by atoms with Crippen molar-refractivity contribution in [2.24, 2.45) is 5.92 Å². The third-order valence-electron chi connectivity index (χ3n) is 3.89. The van der Waals surface area contributed by atoms with Crippen LogP contribution in [0.25, 0.3) is 0 Å². The summed E-state index contributed by atoms with van der Waals surface area (Å²) in [5, 5.41) is 2.85. The molecule has 1 amide bonds. The second kappa shape index (κ2) is 6.81. The van der Waals surface area contributed by atoms with Gasteiger partial charge >= 0.3 is 0 Å². The molecule has 1 aliphatic rings. The number of benzene rings is 1. The number of carbonyl (C=O) groups is 1. The van der Waals surface area contributed by atoms with E-state index >= 15 is 0 Å². The number of aromatic nitrogens is 2. The maximum absolute atomic E-state index is 14.1. The molecule has 0 aliphatic heterocycles. The molecule has 1 aliphatic carbocycles. The second-order valence-electron chi connectivity index (χ2n) is 5.97. The topological polar surface area (TPSA) is 56.2 Å². The van der Waals surface area contributed by atoms with Crippen LogP contribution in [0.3, 0.4) is 0 Å². The molecule has 1 fully saturated rings. The molecule has 0 saturated heterocycles. The van der Waals surface area contributed by atoms with Crippen LogP contribution < -0.4 is 10.1 Å². The van der Waals surface area contributed by atoms with E-state index in [1.54, 1.807) is 35.4 Å². The van der Waals surface area contributed by atoms with Crippen molar-refractivity contribution >= 4 is 5.91 Å². The Labute approximate surface area is 134 Å². The molecule has 1 saturated carbocycles. The Balaban J connectivity index is 1.56. The average Bonchev–Trinajstić information content (AvgIpc) is 3.21. The molecule has 23 heavy (non-hydrogen) atoms. The van der Waals surface area contributed by atoms with Gasteiger partial charge in [0.1, 0.15) is 6.54 Å². The van der Waals surface area contributed by atoms with E-state index in [1.165, 1.54) is 18.9 Å². The van der Waals surface area contributed by atoms with Crippen molar-refractivity contribution in [3.05, 3.63) is 48.3 Å². The van der Waals surface area contributed by atoms with Gasteiger partial charge in [-0.15, -0.1) is 0 Å². The van der Waals surface area contributed by atoms with Crippen molar-refractivity contribution in [1.82, 2.24) is 14.9 Å². The molecular formula is C17H20FN3O2. The lowest BCUT2D eigenvalue weighted by Gasteiger charge is -2.16. The Morgan fingerprint density at radius 2 is 2.35 bits per heavy atom. The summed E-state index contributed by atoms with van der Waals surface area (Å²) in [4.78, 5) is 15.8. The number of nitrogens with zero attached hydrogens (tertiary/aromatic N) is 2. The van der Waals surface area contributed by atoms with Gasteiger partial charge in [0.05, 0.1) is 19.0 Å². The molecule has 6 heteroatoms. The molecule has 5 nitrogen and oxygen atoms in total. The van der Waals surface area contributed by atoms with Gasteiger partial charge in [-0.2, -0.15) is 0 Å². The van der Waals surface area contributed by atoms with Crippen LogP contribution in [0.15, 0.2) is 36.9 Å². The molecule has 3 rings (SSSR count). The first kappa shape index (κ1) is 15.5. The second-order valence-corrected chi connectivity index (χ2v) is 5.97. The zero-order valence-electron chi connectivity index (χ0n) is 13.0. The number of hydrogen-bond acceptors (Lipinski definition) is 3. The third-order valence-corrected chi connectivity index (χ3v) is 3.89. The van der Waals surface area contributed by atoms with Gasteiger partial charge in [-0.25, -0.2) is 9.37 Å². The van der Waals surface area contributed by atoms with E-state index in [1.807, 2.05) is 6.92 Å². The molecule has 0 radical (unpaired) electrons. The molecule has 1 atom stereocenters. The smallest absolute Gasteiger partial charge is 0.240 e. The van der Waals surface area contributed by atoms with E-state index in [0.717, 1.165) is 0 Å². The first-order valence-electron chi connectivity index (χ1n) is 7.79. The number of amides is 1. The predicted octanol–water partition coefficient (Wildman–Crippen LogP) is 2.69. The molecule has 1 aromatic heterocycles. The molecule has 0 spiro atoms. The normalized spacial score (nSPS) is 15.2. The van der Waals surface area contributed by atoms with E-state index in [-0.39, 0.29) is 30.1 Å². The lowest BCUT2D eigenvalue weighted by Crippen LogP contribution is -2.29. The fraction of sp³-hybridized carbons (Fsp3) is 0.412. The Morgan fingerprint density at radius 1 is 1.52 bits per heavy atom. The minimum absolute atomic E-state index is 0.148. The summed E-state index contributed by atoms with van der Waals surface area (Å²) >= 11 is 0. The largest absolute Gasteiger partial charge is 0.490 e. The van der Waals surface area contributed by atoms with E-state index in [4.69, 9.17) is 4.74 Å². The lowest BCUT2D eigenvalue weighted by molar-refractivity contribution is -0.122. The van der Waals surface area contributed by atoms with Crippen LogP contribution in [0.1, 0.15) is 31.4 Å². The summed E-state index contributed by atoms with van der Waals surface area (Å²) in [7, 11) is 0. The minimum atomic E-state index is -0.390. The van der Waals surface area contributed by atoms with Crippen LogP contribution in [-0.2, 0) is 11.3 Å². The minimum Gasteiger partial charge on any atom is -0.490 e. The van der Waals surface area contributed by atoms with Crippen LogP contribution in [-0.4, -0.2) is 22.1 Å². The van der Waals surface area contributed by atoms with Crippen molar-refractivity contribution in [2.75, 3.05) is 6.61 Å². The van der Waals surface area contributed by atoms with Crippen molar-refractivity contribution in [3.63, 3.8) is 0 Å². The Bertz CT molecular complexity index is 668. The van der Waals surface area contributed by atoms with Crippen molar-refractivity contribution in [3.8, 4) is 5.75 Å². The van der Waals surface area contributed by atoms with Crippen molar-refractivity contribution < 1.29 is 13.9 Å². The maximum Gasteiger partial charge on any atom is 0.240 e. The van der Waals surface area contributed by atoms with Gasteiger partial charge in [0.25, 0.3) is 0 Å². The number of carbonyl (C=O) groups excluding carboxylic acids is 1. The SMILES string of the molecule is C[C@H](NC(=O)Cn1ccnc1)c1ccc(OCC2CC2)c(F)c1. The van der Waals surface area contributed by atoms with Gasteiger partial charge < -0.3 is 14.6 Å². The number of imidazole rings is 1. The highest BCUT2D eigenvalue weighted by atomic mass is 19.1. The number of nitrogens with one attached hydrogen (secondary N) is 1. The van der Waals surface area contributed by atoms with Crippen LogP contribution in [0.2, 0.25) is 0 Å². The highest BCUT2D eigenvalue weighted by molar-refractivity contribution is 5.76. The number of halogens is 1. The number of rotatable bonds is 7. The van der Waals surface area contributed by atoms with Crippen molar-refractivity contribution in [1.29, 1.82) is 0 Å². The number of hydrogen-bond donors (Lipinski definition) is 1. The van der Waals surface area contributed by atoms with Crippen molar-refractivity contribution in [2.45, 2.75) is 32.4 Å². The van der Waals surface area contributed by atoms with Gasteiger partial charge in [-0.3, -0.25) is 4.79 Å². The molecule has 1 N–H and O–H groups in total. The van der Waals surface area contributed by atoms with Crippen LogP contribution in [0, 0.1) is 11.7 Å². The Hall–Kier alpha value is -2.37. The Morgan fingerprint density at radius 3 is 3.00 bits per heavy atom. The quantitative estimate of drug-likeness (QED) is 0.854. The van der Waals surface area contributed by atoms with E-state index < -0.39 is 0 Å².